The molecule has 1 aliphatic carbocycles. The van der Waals surface area contributed by atoms with E-state index >= 15 is 0 Å². The standard InChI is InChI=1S/C28H24ClNO3/c29-24-15-6-4-11-21(24)18-30-25-16-7-5-13-22(25)28(33,27(30)32)23-14-8-12-20(26(23)31)17-19-9-2-1-3-10-19/h1-7,9-11,13,15-17,23,33H,8,12,14,18H2/b20-17+/t23-,28+/m1/s1. The number of nitrogens with zero attached hydrogens (tertiary/aromatic N) is 1. The number of benzene rings is 3. The number of aliphatic hydroxyl groups is 1. The van der Waals surface area contributed by atoms with Crippen LogP contribution < -0.4 is 4.90 Å². The van der Waals surface area contributed by atoms with Gasteiger partial charge in [-0.05, 0) is 54.2 Å². The molecule has 1 aliphatic heterocycles. The molecule has 1 fully saturated rings. The summed E-state index contributed by atoms with van der Waals surface area (Å²) < 4.78 is 0. The van der Waals surface area contributed by atoms with Crippen molar-refractivity contribution in [2.45, 2.75) is 31.4 Å². The molecule has 0 radical (unpaired) electrons. The first kappa shape index (κ1) is 21.6. The number of amides is 1. The van der Waals surface area contributed by atoms with Gasteiger partial charge in [-0.25, -0.2) is 0 Å². The van der Waals surface area contributed by atoms with E-state index in [-0.39, 0.29) is 12.3 Å². The van der Waals surface area contributed by atoms with E-state index in [4.69, 9.17) is 11.6 Å². The second-order valence-corrected chi connectivity index (χ2v) is 9.06. The lowest BCUT2D eigenvalue weighted by molar-refractivity contribution is -0.150. The van der Waals surface area contributed by atoms with Gasteiger partial charge in [-0.2, -0.15) is 0 Å². The molecule has 1 heterocycles. The van der Waals surface area contributed by atoms with Gasteiger partial charge in [0, 0.05) is 10.6 Å². The van der Waals surface area contributed by atoms with Crippen LogP contribution in [0.3, 0.4) is 0 Å². The number of ketones is 1. The zero-order valence-corrected chi connectivity index (χ0v) is 18.8. The number of Topliss-reactive ketones (excluding diaryl/α,β-unsaturated/α-hetero) is 1. The minimum Gasteiger partial charge on any atom is -0.375 e. The highest BCUT2D eigenvalue weighted by Crippen LogP contribution is 2.49. The topological polar surface area (TPSA) is 57.6 Å². The summed E-state index contributed by atoms with van der Waals surface area (Å²) in [6.45, 7) is 0.228. The number of anilines is 1. The van der Waals surface area contributed by atoms with E-state index in [0.717, 1.165) is 17.5 Å². The van der Waals surface area contributed by atoms with E-state index in [0.29, 0.717) is 34.7 Å². The molecular weight excluding hydrogens is 434 g/mol. The Morgan fingerprint density at radius 2 is 1.67 bits per heavy atom. The molecule has 1 saturated carbocycles. The Hall–Kier alpha value is -3.21. The summed E-state index contributed by atoms with van der Waals surface area (Å²) in [6.07, 6.45) is 3.71. The highest BCUT2D eigenvalue weighted by Gasteiger charge is 2.57. The van der Waals surface area contributed by atoms with E-state index < -0.39 is 17.4 Å². The Balaban J connectivity index is 1.53. The van der Waals surface area contributed by atoms with E-state index in [1.165, 1.54) is 0 Å². The van der Waals surface area contributed by atoms with Crippen molar-refractivity contribution in [1.82, 2.24) is 0 Å². The van der Waals surface area contributed by atoms with Gasteiger partial charge in [0.25, 0.3) is 5.91 Å². The number of rotatable bonds is 4. The molecule has 5 heteroatoms. The van der Waals surface area contributed by atoms with Crippen LogP contribution in [-0.2, 0) is 21.7 Å². The monoisotopic (exact) mass is 457 g/mol. The predicted octanol–water partition coefficient (Wildman–Crippen LogP) is 5.53. The van der Waals surface area contributed by atoms with Gasteiger partial charge in [0.2, 0.25) is 0 Å². The van der Waals surface area contributed by atoms with Crippen molar-refractivity contribution >= 4 is 35.1 Å². The molecule has 0 spiro atoms. The zero-order valence-electron chi connectivity index (χ0n) is 18.1. The lowest BCUT2D eigenvalue weighted by atomic mass is 9.71. The maximum Gasteiger partial charge on any atom is 0.264 e. The molecule has 0 aromatic heterocycles. The van der Waals surface area contributed by atoms with Gasteiger partial charge in [0.15, 0.2) is 11.4 Å². The summed E-state index contributed by atoms with van der Waals surface area (Å²) in [5.41, 5.74) is 1.59. The van der Waals surface area contributed by atoms with Crippen molar-refractivity contribution in [2.24, 2.45) is 5.92 Å². The first-order valence-electron chi connectivity index (χ1n) is 11.2. The molecule has 1 amide bonds. The summed E-state index contributed by atoms with van der Waals surface area (Å²) in [5, 5.41) is 12.5. The second kappa shape index (κ2) is 8.62. The largest absolute Gasteiger partial charge is 0.375 e. The number of carbonyl (C=O) groups excluding carboxylic acids is 2. The Morgan fingerprint density at radius 1 is 0.970 bits per heavy atom. The third-order valence-corrected chi connectivity index (χ3v) is 7.05. The molecule has 4 nitrogen and oxygen atoms in total. The quantitative estimate of drug-likeness (QED) is 0.524. The fraction of sp³-hybridized carbons (Fsp3) is 0.214. The van der Waals surface area contributed by atoms with Gasteiger partial charge in [0.05, 0.1) is 18.2 Å². The summed E-state index contributed by atoms with van der Waals surface area (Å²) in [4.78, 5) is 28.9. The van der Waals surface area contributed by atoms with Gasteiger partial charge in [-0.15, -0.1) is 0 Å². The van der Waals surface area contributed by atoms with Gasteiger partial charge in [-0.3, -0.25) is 9.59 Å². The van der Waals surface area contributed by atoms with E-state index in [1.807, 2.05) is 66.7 Å². The van der Waals surface area contributed by atoms with Crippen LogP contribution in [0.25, 0.3) is 6.08 Å². The minimum absolute atomic E-state index is 0.157. The number of para-hydroxylation sites is 1. The minimum atomic E-state index is -1.90. The predicted molar refractivity (Wildman–Crippen MR) is 130 cm³/mol. The molecular formula is C28H24ClNO3. The summed E-state index contributed by atoms with van der Waals surface area (Å²) in [7, 11) is 0. The first-order valence-corrected chi connectivity index (χ1v) is 11.5. The maximum atomic E-state index is 13.8. The highest BCUT2D eigenvalue weighted by molar-refractivity contribution is 6.31. The van der Waals surface area contributed by atoms with E-state index in [9.17, 15) is 14.7 Å². The maximum absolute atomic E-state index is 13.8. The molecule has 2 aliphatic rings. The lowest BCUT2D eigenvalue weighted by Crippen LogP contribution is -2.49. The van der Waals surface area contributed by atoms with Crippen LogP contribution in [0.4, 0.5) is 5.69 Å². The molecule has 33 heavy (non-hydrogen) atoms. The molecule has 5 rings (SSSR count). The average Bonchev–Trinajstić information content (AvgIpc) is 3.05. The van der Waals surface area contributed by atoms with Crippen molar-refractivity contribution < 1.29 is 14.7 Å². The van der Waals surface area contributed by atoms with Crippen LogP contribution in [0, 0.1) is 5.92 Å². The zero-order chi connectivity index (χ0) is 23.0. The normalized spacial score (nSPS) is 23.8. The van der Waals surface area contributed by atoms with Gasteiger partial charge in [0.1, 0.15) is 0 Å². The highest BCUT2D eigenvalue weighted by atomic mass is 35.5. The van der Waals surface area contributed by atoms with Crippen LogP contribution in [0.15, 0.2) is 84.4 Å². The van der Waals surface area contributed by atoms with Crippen molar-refractivity contribution in [2.75, 3.05) is 4.90 Å². The smallest absolute Gasteiger partial charge is 0.264 e. The molecule has 3 aromatic carbocycles. The van der Waals surface area contributed by atoms with Gasteiger partial charge in [-0.1, -0.05) is 78.3 Å². The Bertz CT molecular complexity index is 1250. The molecule has 0 bridgehead atoms. The molecule has 166 valence electrons. The first-order chi connectivity index (χ1) is 16.0. The van der Waals surface area contributed by atoms with Crippen LogP contribution in [-0.4, -0.2) is 16.8 Å². The number of fused-ring (bicyclic) bond motifs is 1. The summed E-state index contributed by atoms with van der Waals surface area (Å²) in [6, 6.07) is 24.2. The number of hydrogen-bond acceptors (Lipinski definition) is 3. The van der Waals surface area contributed by atoms with Crippen LogP contribution in [0.5, 0.6) is 0 Å². The lowest BCUT2D eigenvalue weighted by Gasteiger charge is -2.34. The molecule has 1 N–H and O–H groups in total. The summed E-state index contributed by atoms with van der Waals surface area (Å²) in [5.74, 6) is -1.45. The fourth-order valence-corrected chi connectivity index (χ4v) is 5.21. The van der Waals surface area contributed by atoms with Gasteiger partial charge < -0.3 is 10.0 Å². The third kappa shape index (κ3) is 3.69. The average molecular weight is 458 g/mol. The van der Waals surface area contributed by atoms with Crippen molar-refractivity contribution in [1.29, 1.82) is 0 Å². The van der Waals surface area contributed by atoms with Crippen molar-refractivity contribution in [3.05, 3.63) is 106 Å². The number of hydrogen-bond donors (Lipinski definition) is 1. The number of halogens is 1. The molecule has 3 aromatic rings. The van der Waals surface area contributed by atoms with Crippen molar-refractivity contribution in [3.63, 3.8) is 0 Å². The fourth-order valence-electron chi connectivity index (χ4n) is 5.02. The van der Waals surface area contributed by atoms with Crippen molar-refractivity contribution in [3.8, 4) is 0 Å². The Kier molecular flexibility index (Phi) is 5.65. The second-order valence-electron chi connectivity index (χ2n) is 8.66. The number of carbonyl (C=O) groups is 2. The molecule has 0 unspecified atom stereocenters. The summed E-state index contributed by atoms with van der Waals surface area (Å²) >= 11 is 6.35. The Morgan fingerprint density at radius 3 is 2.45 bits per heavy atom. The molecule has 0 saturated heterocycles. The Labute approximate surface area is 198 Å². The van der Waals surface area contributed by atoms with Gasteiger partial charge >= 0.3 is 0 Å². The van der Waals surface area contributed by atoms with E-state index in [2.05, 4.69) is 0 Å². The number of allylic oxidation sites excluding steroid dienone is 1. The van der Waals surface area contributed by atoms with Crippen LogP contribution >= 0.6 is 11.6 Å². The van der Waals surface area contributed by atoms with Crippen LogP contribution in [0.2, 0.25) is 5.02 Å². The SMILES string of the molecule is O=C1/C(=C/c2ccccc2)CCC[C@H]1[C@]1(O)C(=O)N(Cc2ccccc2Cl)c2ccccc21. The third-order valence-electron chi connectivity index (χ3n) is 6.68. The molecule has 2 atom stereocenters. The van der Waals surface area contributed by atoms with Crippen LogP contribution in [0.1, 0.15) is 36.0 Å². The van der Waals surface area contributed by atoms with E-state index in [1.54, 1.807) is 23.1 Å².